The Labute approximate surface area is 161 Å². The number of carbonyl (C=O) groups excluding carboxylic acids is 2. The average molecular weight is 378 g/mol. The molecule has 26 heavy (non-hydrogen) atoms. The van der Waals surface area contributed by atoms with Gasteiger partial charge in [-0.15, -0.1) is 11.8 Å². The maximum atomic E-state index is 13.2. The molecule has 1 aromatic carbocycles. The van der Waals surface area contributed by atoms with E-state index in [9.17, 15) is 9.59 Å². The molecule has 0 atom stereocenters. The van der Waals surface area contributed by atoms with Crippen LogP contribution in [0.25, 0.3) is 0 Å². The number of ether oxygens (including phenoxy) is 1. The molecular formula is C21H31NO3S. The maximum absolute atomic E-state index is 13.2. The van der Waals surface area contributed by atoms with Crippen LogP contribution >= 0.6 is 11.8 Å². The molecule has 1 aromatic rings. The van der Waals surface area contributed by atoms with E-state index in [1.807, 2.05) is 29.2 Å². The predicted octanol–water partition coefficient (Wildman–Crippen LogP) is 4.77. The minimum Gasteiger partial charge on any atom is -0.469 e. The summed E-state index contributed by atoms with van der Waals surface area (Å²) in [5.41, 5.74) is 0.184. The molecule has 0 N–H and O–H groups in total. The van der Waals surface area contributed by atoms with Crippen LogP contribution in [-0.2, 0) is 9.53 Å². The first-order chi connectivity index (χ1) is 11.9. The van der Waals surface area contributed by atoms with Gasteiger partial charge in [-0.1, -0.05) is 6.07 Å². The van der Waals surface area contributed by atoms with Crippen LogP contribution in [0.2, 0.25) is 0 Å². The highest BCUT2D eigenvalue weighted by Crippen LogP contribution is 2.41. The molecule has 1 saturated carbocycles. The lowest BCUT2D eigenvalue weighted by molar-refractivity contribution is -0.148. The fourth-order valence-corrected chi connectivity index (χ4v) is 5.05. The lowest BCUT2D eigenvalue weighted by atomic mass is 9.85. The van der Waals surface area contributed by atoms with Crippen molar-refractivity contribution in [3.05, 3.63) is 29.8 Å². The molecule has 1 aliphatic rings. The molecule has 0 heterocycles. The van der Waals surface area contributed by atoms with E-state index in [0.717, 1.165) is 17.7 Å². The molecule has 5 heteroatoms. The van der Waals surface area contributed by atoms with Gasteiger partial charge >= 0.3 is 5.97 Å². The van der Waals surface area contributed by atoms with Crippen molar-refractivity contribution in [3.8, 4) is 0 Å². The summed E-state index contributed by atoms with van der Waals surface area (Å²) >= 11 is 1.74. The third kappa shape index (κ3) is 4.81. The van der Waals surface area contributed by atoms with Crippen molar-refractivity contribution in [2.45, 2.75) is 75.6 Å². The highest BCUT2D eigenvalue weighted by atomic mass is 32.2. The molecule has 0 radical (unpaired) electrons. The van der Waals surface area contributed by atoms with Gasteiger partial charge in [-0.25, -0.2) is 0 Å². The summed E-state index contributed by atoms with van der Waals surface area (Å²) in [5, 5.41) is 0.408. The summed E-state index contributed by atoms with van der Waals surface area (Å²) in [6, 6.07) is 7.83. The van der Waals surface area contributed by atoms with E-state index in [1.54, 1.807) is 11.8 Å². The van der Waals surface area contributed by atoms with Gasteiger partial charge in [0.15, 0.2) is 0 Å². The van der Waals surface area contributed by atoms with Crippen LogP contribution in [0, 0.1) is 5.92 Å². The molecule has 0 aliphatic heterocycles. The molecule has 0 unspecified atom stereocenters. The summed E-state index contributed by atoms with van der Waals surface area (Å²) in [6.07, 6.45) is 1.68. The number of nitrogens with zero attached hydrogens (tertiary/aromatic N) is 1. The maximum Gasteiger partial charge on any atom is 0.308 e. The largest absolute Gasteiger partial charge is 0.469 e. The van der Waals surface area contributed by atoms with Gasteiger partial charge in [0.05, 0.1) is 13.0 Å². The normalized spacial score (nSPS) is 20.3. The summed E-state index contributed by atoms with van der Waals surface area (Å²) in [7, 11) is 1.44. The van der Waals surface area contributed by atoms with Gasteiger partial charge in [-0.2, -0.15) is 0 Å². The minimum atomic E-state index is -0.264. The van der Waals surface area contributed by atoms with E-state index in [0.29, 0.717) is 10.8 Å². The number of thioether (sulfide) groups is 1. The van der Waals surface area contributed by atoms with Crippen LogP contribution in [0.15, 0.2) is 29.2 Å². The zero-order valence-electron chi connectivity index (χ0n) is 17.0. The van der Waals surface area contributed by atoms with Gasteiger partial charge in [-0.3, -0.25) is 9.59 Å². The Hall–Kier alpha value is -1.49. The van der Waals surface area contributed by atoms with Gasteiger partial charge in [0.1, 0.15) is 0 Å². The molecule has 0 bridgehead atoms. The van der Waals surface area contributed by atoms with Gasteiger partial charge in [0, 0.05) is 26.8 Å². The molecule has 4 nitrogen and oxygen atoms in total. The molecule has 2 rings (SSSR count). The predicted molar refractivity (Wildman–Crippen MR) is 107 cm³/mol. The number of rotatable bonds is 4. The fraction of sp³-hybridized carbons (Fsp3) is 0.619. The highest BCUT2D eigenvalue weighted by Gasteiger charge is 2.37. The second-order valence-electron chi connectivity index (χ2n) is 8.94. The van der Waals surface area contributed by atoms with E-state index in [2.05, 4.69) is 41.5 Å². The first kappa shape index (κ1) is 20.8. The van der Waals surface area contributed by atoms with Crippen molar-refractivity contribution in [3.63, 3.8) is 0 Å². The zero-order valence-corrected chi connectivity index (χ0v) is 17.8. The van der Waals surface area contributed by atoms with Crippen LogP contribution in [0.5, 0.6) is 0 Å². The van der Waals surface area contributed by atoms with Gasteiger partial charge < -0.3 is 9.64 Å². The molecule has 144 valence electrons. The first-order valence-electron chi connectivity index (χ1n) is 9.12. The molecule has 1 amide bonds. The first-order valence-corrected chi connectivity index (χ1v) is 10.0. The second kappa shape index (κ2) is 7.63. The Morgan fingerprint density at radius 2 is 1.65 bits per heavy atom. The number of esters is 1. The average Bonchev–Trinajstić information content (AvgIpc) is 2.47. The van der Waals surface area contributed by atoms with E-state index in [1.165, 1.54) is 7.11 Å². The van der Waals surface area contributed by atoms with Crippen molar-refractivity contribution >= 4 is 23.6 Å². The monoisotopic (exact) mass is 377 g/mol. The molecular weight excluding hydrogens is 346 g/mol. The molecule has 0 aromatic heterocycles. The van der Waals surface area contributed by atoms with Crippen LogP contribution in [0.3, 0.4) is 0 Å². The molecule has 1 aliphatic carbocycles. The van der Waals surface area contributed by atoms with E-state index in [4.69, 9.17) is 4.74 Å². The third-order valence-electron chi connectivity index (χ3n) is 4.56. The number of hydrogen-bond acceptors (Lipinski definition) is 4. The van der Waals surface area contributed by atoms with Crippen molar-refractivity contribution in [1.82, 2.24) is 4.90 Å². The summed E-state index contributed by atoms with van der Waals surface area (Å²) in [6.45, 7) is 12.4. The number of benzene rings is 1. The Morgan fingerprint density at radius 1 is 1.08 bits per heavy atom. The topological polar surface area (TPSA) is 46.6 Å². The van der Waals surface area contributed by atoms with Crippen LogP contribution in [0.4, 0.5) is 0 Å². The van der Waals surface area contributed by atoms with Crippen molar-refractivity contribution in [2.24, 2.45) is 5.92 Å². The van der Waals surface area contributed by atoms with Crippen LogP contribution in [0.1, 0.15) is 64.7 Å². The summed E-state index contributed by atoms with van der Waals surface area (Å²) in [4.78, 5) is 27.7. The van der Waals surface area contributed by atoms with Crippen LogP contribution in [-0.4, -0.2) is 40.2 Å². The Balaban J connectivity index is 2.11. The number of methoxy groups -OCH3 is 1. The van der Waals surface area contributed by atoms with Crippen molar-refractivity contribution in [1.29, 1.82) is 0 Å². The second-order valence-corrected chi connectivity index (χ2v) is 10.3. The zero-order chi connectivity index (χ0) is 19.7. The Kier molecular flexibility index (Phi) is 6.11. The fourth-order valence-electron chi connectivity index (χ4n) is 3.66. The number of amides is 1. The van der Waals surface area contributed by atoms with E-state index in [-0.39, 0.29) is 28.9 Å². The lowest BCUT2D eigenvalue weighted by Gasteiger charge is -2.45. The molecule has 0 spiro atoms. The Morgan fingerprint density at radius 3 is 2.15 bits per heavy atom. The van der Waals surface area contributed by atoms with Gasteiger partial charge in [0.25, 0.3) is 5.91 Å². The van der Waals surface area contributed by atoms with Gasteiger partial charge in [0.2, 0.25) is 0 Å². The Bertz CT molecular complexity index is 653. The number of hydrogen-bond donors (Lipinski definition) is 0. The van der Waals surface area contributed by atoms with Crippen molar-refractivity contribution in [2.75, 3.05) is 7.11 Å². The number of carbonyl (C=O) groups is 2. The van der Waals surface area contributed by atoms with Crippen molar-refractivity contribution < 1.29 is 14.3 Å². The summed E-state index contributed by atoms with van der Waals surface area (Å²) in [5.74, 6) is -0.0372. The van der Waals surface area contributed by atoms with E-state index >= 15 is 0 Å². The highest BCUT2D eigenvalue weighted by molar-refractivity contribution is 8.00. The van der Waals surface area contributed by atoms with Gasteiger partial charge in [-0.05, 0) is 72.6 Å². The van der Waals surface area contributed by atoms with E-state index < -0.39 is 0 Å². The summed E-state index contributed by atoms with van der Waals surface area (Å²) < 4.78 is 4.79. The lowest BCUT2D eigenvalue weighted by Crippen LogP contribution is -2.55. The SMILES string of the molecule is COC(=O)C1CC(Sc2cccc(C(=O)N(C(C)(C)C)C(C)(C)C)c2)C1. The smallest absolute Gasteiger partial charge is 0.308 e. The minimum absolute atomic E-state index is 0.0274. The quantitative estimate of drug-likeness (QED) is 0.709. The van der Waals surface area contributed by atoms with Crippen LogP contribution < -0.4 is 0 Å². The standard InChI is InChI=1S/C21H31NO3S/c1-20(2,3)22(21(4,5)6)18(23)14-9-8-10-16(11-14)26-17-12-15(13-17)19(24)25-7/h8-11,15,17H,12-13H2,1-7H3. The molecule has 0 saturated heterocycles. The molecule has 1 fully saturated rings. The third-order valence-corrected chi connectivity index (χ3v) is 5.80.